The number of fused-ring (bicyclic) bond motifs is 2. The van der Waals surface area contributed by atoms with Crippen LogP contribution >= 0.6 is 34.3 Å². The summed E-state index contributed by atoms with van der Waals surface area (Å²) in [4.78, 5) is 21.7. The first-order valence-corrected chi connectivity index (χ1v) is 9.28. The van der Waals surface area contributed by atoms with E-state index in [1.807, 2.05) is 42.8 Å². The third-order valence-electron chi connectivity index (χ3n) is 3.83. The SMILES string of the molecule is Cc1cc(Cl)cc2sc(=NC(=O)c3ccc4ncsc4c3)n(C)c12. The summed E-state index contributed by atoms with van der Waals surface area (Å²) in [6.07, 6.45) is 0. The lowest BCUT2D eigenvalue weighted by atomic mass is 10.2. The van der Waals surface area contributed by atoms with Gasteiger partial charge in [-0.3, -0.25) is 4.79 Å². The molecule has 0 bridgehead atoms. The molecule has 7 heteroatoms. The van der Waals surface area contributed by atoms with Crippen molar-refractivity contribution in [2.45, 2.75) is 6.92 Å². The van der Waals surface area contributed by atoms with Gasteiger partial charge in [-0.25, -0.2) is 4.98 Å². The second kappa shape index (κ2) is 5.81. The molecule has 0 unspecified atom stereocenters. The summed E-state index contributed by atoms with van der Waals surface area (Å²) in [5.41, 5.74) is 5.35. The van der Waals surface area contributed by atoms with Crippen LogP contribution in [0.5, 0.6) is 0 Å². The van der Waals surface area contributed by atoms with Gasteiger partial charge in [-0.15, -0.1) is 11.3 Å². The average molecular weight is 374 g/mol. The Morgan fingerprint density at radius 3 is 2.92 bits per heavy atom. The minimum atomic E-state index is -0.254. The summed E-state index contributed by atoms with van der Waals surface area (Å²) < 4.78 is 3.95. The van der Waals surface area contributed by atoms with E-state index in [0.29, 0.717) is 15.4 Å². The molecular weight excluding hydrogens is 362 g/mol. The third-order valence-corrected chi connectivity index (χ3v) is 5.92. The molecule has 4 rings (SSSR count). The van der Waals surface area contributed by atoms with Crippen LogP contribution in [-0.2, 0) is 7.05 Å². The Hall–Kier alpha value is -2.02. The van der Waals surface area contributed by atoms with Crippen LogP contribution in [-0.4, -0.2) is 15.5 Å². The second-order valence-electron chi connectivity index (χ2n) is 5.46. The highest BCUT2D eigenvalue weighted by atomic mass is 35.5. The highest BCUT2D eigenvalue weighted by Gasteiger charge is 2.10. The monoisotopic (exact) mass is 373 g/mol. The molecule has 0 saturated heterocycles. The molecule has 120 valence electrons. The van der Waals surface area contributed by atoms with Gasteiger partial charge in [0.15, 0.2) is 4.80 Å². The number of nitrogens with zero attached hydrogens (tertiary/aromatic N) is 3. The van der Waals surface area contributed by atoms with Gasteiger partial charge in [0.1, 0.15) is 0 Å². The fraction of sp³-hybridized carbons (Fsp3) is 0.118. The van der Waals surface area contributed by atoms with Crippen LogP contribution in [0.25, 0.3) is 20.4 Å². The molecule has 4 aromatic rings. The molecule has 0 atom stereocenters. The van der Waals surface area contributed by atoms with Crippen molar-refractivity contribution < 1.29 is 4.79 Å². The first-order valence-electron chi connectivity index (χ1n) is 7.21. The Balaban J connectivity index is 1.85. The number of aryl methyl sites for hydroxylation is 2. The quantitative estimate of drug-likeness (QED) is 0.491. The number of hydrogen-bond donors (Lipinski definition) is 0. The third kappa shape index (κ3) is 2.56. The van der Waals surface area contributed by atoms with Crippen molar-refractivity contribution in [2.24, 2.45) is 12.0 Å². The van der Waals surface area contributed by atoms with Gasteiger partial charge in [-0.1, -0.05) is 22.9 Å². The highest BCUT2D eigenvalue weighted by Crippen LogP contribution is 2.25. The lowest BCUT2D eigenvalue weighted by molar-refractivity contribution is 0.0998. The van der Waals surface area contributed by atoms with Gasteiger partial charge in [0.05, 0.1) is 25.9 Å². The second-order valence-corrected chi connectivity index (χ2v) is 7.80. The molecule has 0 saturated carbocycles. The van der Waals surface area contributed by atoms with Crippen molar-refractivity contribution in [3.8, 4) is 0 Å². The van der Waals surface area contributed by atoms with Gasteiger partial charge >= 0.3 is 0 Å². The van der Waals surface area contributed by atoms with Crippen LogP contribution in [0.2, 0.25) is 5.02 Å². The summed E-state index contributed by atoms with van der Waals surface area (Å²) in [5.74, 6) is -0.254. The molecule has 24 heavy (non-hydrogen) atoms. The smallest absolute Gasteiger partial charge is 0.279 e. The maximum atomic E-state index is 12.5. The average Bonchev–Trinajstić information content (AvgIpc) is 3.11. The van der Waals surface area contributed by atoms with Gasteiger partial charge in [0.2, 0.25) is 0 Å². The largest absolute Gasteiger partial charge is 0.319 e. The molecule has 4 nitrogen and oxygen atoms in total. The van der Waals surface area contributed by atoms with Crippen LogP contribution in [0.15, 0.2) is 40.8 Å². The van der Waals surface area contributed by atoms with E-state index in [2.05, 4.69) is 9.98 Å². The molecule has 0 radical (unpaired) electrons. The standard InChI is InChI=1S/C17H12ClN3OS2/c1-9-5-11(18)7-14-15(9)21(2)17(24-14)20-16(22)10-3-4-12-13(6-10)23-8-19-12/h3-8H,1-2H3. The zero-order valence-electron chi connectivity index (χ0n) is 12.9. The van der Waals surface area contributed by atoms with Crippen LogP contribution in [0.1, 0.15) is 15.9 Å². The first kappa shape index (κ1) is 15.5. The minimum absolute atomic E-state index is 0.254. The number of thiazole rings is 2. The van der Waals surface area contributed by atoms with Crippen LogP contribution in [0.3, 0.4) is 0 Å². The zero-order valence-corrected chi connectivity index (χ0v) is 15.3. The highest BCUT2D eigenvalue weighted by molar-refractivity contribution is 7.17. The molecule has 0 aliphatic carbocycles. The van der Waals surface area contributed by atoms with Gasteiger partial charge in [0.25, 0.3) is 5.91 Å². The normalized spacial score (nSPS) is 12.4. The number of carbonyl (C=O) groups is 1. The molecule has 1 amide bonds. The molecule has 0 fully saturated rings. The number of rotatable bonds is 1. The van der Waals surface area contributed by atoms with Gasteiger partial charge in [-0.2, -0.15) is 4.99 Å². The summed E-state index contributed by atoms with van der Waals surface area (Å²) in [6.45, 7) is 2.00. The Labute approximate surface area is 150 Å². The van der Waals surface area contributed by atoms with Crippen molar-refractivity contribution in [3.05, 3.63) is 56.8 Å². The predicted octanol–water partition coefficient (Wildman–Crippen LogP) is 4.55. The number of halogens is 1. The number of hydrogen-bond acceptors (Lipinski definition) is 4. The molecular formula is C17H12ClN3OS2. The molecule has 2 heterocycles. The van der Waals surface area contributed by atoms with E-state index in [0.717, 1.165) is 26.0 Å². The summed E-state index contributed by atoms with van der Waals surface area (Å²) >= 11 is 9.10. The molecule has 2 aromatic heterocycles. The van der Waals surface area contributed by atoms with E-state index in [1.54, 1.807) is 11.6 Å². The van der Waals surface area contributed by atoms with Gasteiger partial charge < -0.3 is 4.57 Å². The molecule has 0 spiro atoms. The number of benzene rings is 2. The Morgan fingerprint density at radius 2 is 2.08 bits per heavy atom. The lowest BCUT2D eigenvalue weighted by Crippen LogP contribution is -2.13. The van der Waals surface area contributed by atoms with E-state index in [4.69, 9.17) is 11.6 Å². The fourth-order valence-electron chi connectivity index (χ4n) is 2.71. The van der Waals surface area contributed by atoms with E-state index < -0.39 is 0 Å². The summed E-state index contributed by atoms with van der Waals surface area (Å²) in [5, 5.41) is 0.690. The fourth-order valence-corrected chi connectivity index (χ4v) is 4.90. The first-order chi connectivity index (χ1) is 11.5. The lowest BCUT2D eigenvalue weighted by Gasteiger charge is -2.00. The van der Waals surface area contributed by atoms with Crippen molar-refractivity contribution in [3.63, 3.8) is 0 Å². The van der Waals surface area contributed by atoms with Crippen LogP contribution < -0.4 is 4.80 Å². The van der Waals surface area contributed by atoms with E-state index in [1.165, 1.54) is 22.7 Å². The van der Waals surface area contributed by atoms with Crippen molar-refractivity contribution in [1.82, 2.24) is 9.55 Å². The van der Waals surface area contributed by atoms with Crippen molar-refractivity contribution in [1.29, 1.82) is 0 Å². The van der Waals surface area contributed by atoms with Crippen molar-refractivity contribution in [2.75, 3.05) is 0 Å². The van der Waals surface area contributed by atoms with Gasteiger partial charge in [-0.05, 0) is 42.8 Å². The minimum Gasteiger partial charge on any atom is -0.319 e. The van der Waals surface area contributed by atoms with Gasteiger partial charge in [0, 0.05) is 17.6 Å². The topological polar surface area (TPSA) is 47.2 Å². The number of amides is 1. The van der Waals surface area contributed by atoms with Crippen LogP contribution in [0.4, 0.5) is 0 Å². The molecule has 2 aromatic carbocycles. The zero-order chi connectivity index (χ0) is 16.8. The van der Waals surface area contributed by atoms with E-state index in [9.17, 15) is 4.79 Å². The van der Waals surface area contributed by atoms with Crippen LogP contribution in [0, 0.1) is 6.92 Å². The summed E-state index contributed by atoms with van der Waals surface area (Å²) in [6, 6.07) is 9.28. The van der Waals surface area contributed by atoms with Crippen molar-refractivity contribution >= 4 is 60.6 Å². The predicted molar refractivity (Wildman–Crippen MR) is 100 cm³/mol. The Bertz CT molecular complexity index is 1170. The molecule has 0 aliphatic rings. The Kier molecular flexibility index (Phi) is 3.75. The number of aromatic nitrogens is 2. The van der Waals surface area contributed by atoms with E-state index in [-0.39, 0.29) is 5.91 Å². The van der Waals surface area contributed by atoms with E-state index >= 15 is 0 Å². The maximum absolute atomic E-state index is 12.5. The summed E-state index contributed by atoms with van der Waals surface area (Å²) in [7, 11) is 1.91. The Morgan fingerprint density at radius 1 is 1.25 bits per heavy atom. The number of carbonyl (C=O) groups excluding carboxylic acids is 1. The molecule has 0 N–H and O–H groups in total. The maximum Gasteiger partial charge on any atom is 0.279 e. The molecule has 0 aliphatic heterocycles.